The summed E-state index contributed by atoms with van der Waals surface area (Å²) in [7, 11) is 1.39. The van der Waals surface area contributed by atoms with Crippen molar-refractivity contribution in [2.75, 3.05) is 13.8 Å². The van der Waals surface area contributed by atoms with Crippen LogP contribution in [0.15, 0.2) is 34.6 Å². The van der Waals surface area contributed by atoms with Gasteiger partial charge >= 0.3 is 6.18 Å². The van der Waals surface area contributed by atoms with Crippen molar-refractivity contribution in [2.45, 2.75) is 6.18 Å². The first-order valence-electron chi connectivity index (χ1n) is 4.35. The van der Waals surface area contributed by atoms with Gasteiger partial charge < -0.3 is 5.11 Å². The summed E-state index contributed by atoms with van der Waals surface area (Å²) < 4.78 is 37.5. The predicted molar refractivity (Wildman–Crippen MR) is 50.8 cm³/mol. The van der Waals surface area contributed by atoms with E-state index in [1.54, 1.807) is 0 Å². The molecule has 1 N–H and O–H groups in total. The number of aliphatic hydroxyl groups is 1. The Kier molecular flexibility index (Phi) is 3.83. The van der Waals surface area contributed by atoms with Crippen molar-refractivity contribution in [1.82, 2.24) is 5.01 Å². The Balaban J connectivity index is 3.01. The van der Waals surface area contributed by atoms with Gasteiger partial charge in [-0.3, -0.25) is 5.01 Å². The molecule has 16 heavy (non-hydrogen) atoms. The van der Waals surface area contributed by atoms with Crippen LogP contribution in [0.3, 0.4) is 0 Å². The van der Waals surface area contributed by atoms with Crippen molar-refractivity contribution in [3.63, 3.8) is 0 Å². The molecule has 0 heterocycles. The molecule has 0 saturated carbocycles. The minimum atomic E-state index is -4.46. The van der Waals surface area contributed by atoms with Gasteiger partial charge in [-0.15, -0.1) is 5.11 Å². The third kappa shape index (κ3) is 3.20. The van der Waals surface area contributed by atoms with Crippen molar-refractivity contribution in [3.05, 3.63) is 29.8 Å². The maximum absolute atomic E-state index is 12.5. The standard InChI is InChI=1S/C9H10F3N3O/c1-15(6-16)14-13-8-5-3-2-4-7(8)9(10,11)12/h2-5,16H,6H2,1H3. The lowest BCUT2D eigenvalue weighted by Gasteiger charge is -2.09. The molecule has 0 saturated heterocycles. The van der Waals surface area contributed by atoms with Crippen LogP contribution >= 0.6 is 0 Å². The second-order valence-electron chi connectivity index (χ2n) is 3.00. The van der Waals surface area contributed by atoms with Crippen molar-refractivity contribution in [1.29, 1.82) is 0 Å². The van der Waals surface area contributed by atoms with Crippen LogP contribution in [0.5, 0.6) is 0 Å². The normalized spacial score (nSPS) is 12.1. The summed E-state index contributed by atoms with van der Waals surface area (Å²) in [6.45, 7) is -0.419. The molecule has 0 bridgehead atoms. The van der Waals surface area contributed by atoms with Crippen molar-refractivity contribution >= 4 is 5.69 Å². The molecule has 0 radical (unpaired) electrons. The van der Waals surface area contributed by atoms with E-state index in [-0.39, 0.29) is 5.69 Å². The Labute approximate surface area is 90.0 Å². The van der Waals surface area contributed by atoms with Crippen LogP contribution in [0.2, 0.25) is 0 Å². The summed E-state index contributed by atoms with van der Waals surface area (Å²) >= 11 is 0. The number of aliphatic hydroxyl groups excluding tert-OH is 1. The molecule has 0 aliphatic heterocycles. The fourth-order valence-corrected chi connectivity index (χ4v) is 0.953. The molecule has 1 aromatic carbocycles. The van der Waals surface area contributed by atoms with Gasteiger partial charge in [0.15, 0.2) is 0 Å². The SMILES string of the molecule is CN(CO)N=Nc1ccccc1C(F)(F)F. The molecular formula is C9H10F3N3O. The Morgan fingerprint density at radius 2 is 1.94 bits per heavy atom. The van der Waals surface area contributed by atoms with Crippen LogP contribution in [0.25, 0.3) is 0 Å². The Hall–Kier alpha value is -1.63. The molecule has 0 aromatic heterocycles. The Bertz CT molecular complexity index is 379. The van der Waals surface area contributed by atoms with Gasteiger partial charge in [0.05, 0.1) is 11.3 Å². The average Bonchev–Trinajstić information content (AvgIpc) is 2.25. The van der Waals surface area contributed by atoms with E-state index in [0.717, 1.165) is 11.1 Å². The van der Waals surface area contributed by atoms with Gasteiger partial charge in [-0.05, 0) is 12.1 Å². The average molecular weight is 233 g/mol. The second kappa shape index (κ2) is 4.93. The van der Waals surface area contributed by atoms with E-state index in [9.17, 15) is 13.2 Å². The van der Waals surface area contributed by atoms with E-state index >= 15 is 0 Å². The minimum Gasteiger partial charge on any atom is -0.375 e. The summed E-state index contributed by atoms with van der Waals surface area (Å²) in [5.74, 6) is 0. The summed E-state index contributed by atoms with van der Waals surface area (Å²) in [5.41, 5.74) is -1.14. The molecule has 0 unspecified atom stereocenters. The molecule has 0 spiro atoms. The van der Waals surface area contributed by atoms with Gasteiger partial charge in [0, 0.05) is 7.05 Å². The molecule has 4 nitrogen and oxygen atoms in total. The van der Waals surface area contributed by atoms with Gasteiger partial charge in [-0.25, -0.2) is 0 Å². The summed E-state index contributed by atoms with van der Waals surface area (Å²) in [4.78, 5) is 0. The van der Waals surface area contributed by atoms with Gasteiger partial charge in [0.2, 0.25) is 0 Å². The third-order valence-corrected chi connectivity index (χ3v) is 1.72. The van der Waals surface area contributed by atoms with Crippen LogP contribution in [0.4, 0.5) is 18.9 Å². The molecule has 0 aliphatic carbocycles. The molecule has 1 aromatic rings. The Morgan fingerprint density at radius 1 is 1.31 bits per heavy atom. The number of halogens is 3. The largest absolute Gasteiger partial charge is 0.418 e. The van der Waals surface area contributed by atoms with Crippen molar-refractivity contribution < 1.29 is 18.3 Å². The highest BCUT2D eigenvalue weighted by molar-refractivity contribution is 5.46. The number of nitrogens with zero attached hydrogens (tertiary/aromatic N) is 3. The van der Waals surface area contributed by atoms with E-state index < -0.39 is 18.5 Å². The van der Waals surface area contributed by atoms with Crippen LogP contribution in [-0.2, 0) is 6.18 Å². The van der Waals surface area contributed by atoms with Crippen molar-refractivity contribution in [3.8, 4) is 0 Å². The Morgan fingerprint density at radius 3 is 2.50 bits per heavy atom. The topological polar surface area (TPSA) is 48.2 Å². The fraction of sp³-hybridized carbons (Fsp3) is 0.333. The zero-order valence-electron chi connectivity index (χ0n) is 8.44. The lowest BCUT2D eigenvalue weighted by Crippen LogP contribution is -2.10. The van der Waals surface area contributed by atoms with Gasteiger partial charge in [-0.1, -0.05) is 17.4 Å². The van der Waals surface area contributed by atoms with Crippen molar-refractivity contribution in [2.24, 2.45) is 10.3 Å². The molecule has 0 atom stereocenters. The molecule has 0 aliphatic rings. The summed E-state index contributed by atoms with van der Waals surface area (Å²) in [5, 5.41) is 16.4. The first-order valence-corrected chi connectivity index (χ1v) is 4.35. The maximum Gasteiger partial charge on any atom is 0.418 e. The number of benzene rings is 1. The predicted octanol–water partition coefficient (Wildman–Crippen LogP) is 2.59. The van der Waals surface area contributed by atoms with Crippen LogP contribution < -0.4 is 0 Å². The summed E-state index contributed by atoms with van der Waals surface area (Å²) in [6, 6.07) is 4.84. The molecule has 0 amide bonds. The molecule has 88 valence electrons. The van der Waals surface area contributed by atoms with E-state index in [2.05, 4.69) is 10.3 Å². The number of hydrogen-bond donors (Lipinski definition) is 1. The molecule has 1 rings (SSSR count). The molecule has 0 fully saturated rings. The third-order valence-electron chi connectivity index (χ3n) is 1.72. The van der Waals surface area contributed by atoms with Gasteiger partial charge in [0.1, 0.15) is 6.73 Å². The fourth-order valence-electron chi connectivity index (χ4n) is 0.953. The highest BCUT2D eigenvalue weighted by Crippen LogP contribution is 2.36. The zero-order valence-corrected chi connectivity index (χ0v) is 8.44. The van der Waals surface area contributed by atoms with Gasteiger partial charge in [0.25, 0.3) is 0 Å². The van der Waals surface area contributed by atoms with E-state index in [0.29, 0.717) is 0 Å². The van der Waals surface area contributed by atoms with Crippen LogP contribution in [-0.4, -0.2) is 23.9 Å². The van der Waals surface area contributed by atoms with E-state index in [1.165, 1.54) is 25.2 Å². The van der Waals surface area contributed by atoms with Crippen LogP contribution in [0, 0.1) is 0 Å². The lowest BCUT2D eigenvalue weighted by molar-refractivity contribution is -0.137. The first-order chi connectivity index (χ1) is 7.45. The first kappa shape index (κ1) is 12.4. The number of hydrogen-bond acceptors (Lipinski definition) is 3. The zero-order chi connectivity index (χ0) is 12.2. The number of rotatable bonds is 3. The number of alkyl halides is 3. The monoisotopic (exact) mass is 233 g/mol. The quantitative estimate of drug-likeness (QED) is 0.495. The molecule has 7 heteroatoms. The highest BCUT2D eigenvalue weighted by Gasteiger charge is 2.33. The minimum absolute atomic E-state index is 0.282. The van der Waals surface area contributed by atoms with E-state index in [4.69, 9.17) is 5.11 Å². The highest BCUT2D eigenvalue weighted by atomic mass is 19.4. The maximum atomic E-state index is 12.5. The van der Waals surface area contributed by atoms with Gasteiger partial charge in [-0.2, -0.15) is 13.2 Å². The second-order valence-corrected chi connectivity index (χ2v) is 3.00. The summed E-state index contributed by atoms with van der Waals surface area (Å²) in [6.07, 6.45) is -4.46. The lowest BCUT2D eigenvalue weighted by atomic mass is 10.2. The smallest absolute Gasteiger partial charge is 0.375 e. The van der Waals surface area contributed by atoms with Crippen LogP contribution in [0.1, 0.15) is 5.56 Å². The van der Waals surface area contributed by atoms with E-state index in [1.807, 2.05) is 0 Å². The molecular weight excluding hydrogens is 223 g/mol.